The first-order valence-corrected chi connectivity index (χ1v) is 7.12. The van der Waals surface area contributed by atoms with E-state index in [-0.39, 0.29) is 0 Å². The zero-order chi connectivity index (χ0) is 14.2. The minimum Gasteiger partial charge on any atom is -0.461 e. The standard InChI is InChI=1S/C15H9BrN4O/c16-11-5-3-10(4-6-11)12-7-8-17-15-18-14(19-20(12)15)13-2-1-9-21-13/h1-9H. The minimum absolute atomic E-state index is 0.525. The molecule has 0 saturated heterocycles. The number of benzene rings is 1. The highest BCUT2D eigenvalue weighted by Gasteiger charge is 2.12. The van der Waals surface area contributed by atoms with Gasteiger partial charge in [-0.15, -0.1) is 5.10 Å². The Morgan fingerprint density at radius 2 is 1.90 bits per heavy atom. The van der Waals surface area contributed by atoms with E-state index < -0.39 is 0 Å². The largest absolute Gasteiger partial charge is 0.461 e. The van der Waals surface area contributed by atoms with Crippen LogP contribution in [0.4, 0.5) is 0 Å². The summed E-state index contributed by atoms with van der Waals surface area (Å²) in [5.74, 6) is 1.70. The normalized spacial score (nSPS) is 11.1. The monoisotopic (exact) mass is 340 g/mol. The lowest BCUT2D eigenvalue weighted by Gasteiger charge is -2.03. The van der Waals surface area contributed by atoms with Gasteiger partial charge in [0.25, 0.3) is 5.78 Å². The number of furan rings is 1. The summed E-state index contributed by atoms with van der Waals surface area (Å²) in [5.41, 5.74) is 1.97. The van der Waals surface area contributed by atoms with Gasteiger partial charge in [-0.1, -0.05) is 28.1 Å². The molecule has 0 aliphatic carbocycles. The molecule has 0 spiro atoms. The van der Waals surface area contributed by atoms with E-state index in [1.807, 2.05) is 42.5 Å². The van der Waals surface area contributed by atoms with E-state index in [1.54, 1.807) is 17.0 Å². The molecule has 3 aromatic heterocycles. The van der Waals surface area contributed by atoms with Crippen molar-refractivity contribution in [1.29, 1.82) is 0 Å². The van der Waals surface area contributed by atoms with Crippen LogP contribution in [-0.4, -0.2) is 19.6 Å². The summed E-state index contributed by atoms with van der Waals surface area (Å²) in [4.78, 5) is 8.65. The molecule has 0 amide bonds. The number of halogens is 1. The van der Waals surface area contributed by atoms with E-state index >= 15 is 0 Å². The SMILES string of the molecule is Brc1ccc(-c2ccnc3nc(-c4ccco4)nn23)cc1. The van der Waals surface area contributed by atoms with Gasteiger partial charge in [0.15, 0.2) is 5.76 Å². The maximum atomic E-state index is 5.34. The van der Waals surface area contributed by atoms with Crippen LogP contribution in [0.2, 0.25) is 0 Å². The predicted molar refractivity (Wildman–Crippen MR) is 81.6 cm³/mol. The van der Waals surface area contributed by atoms with Crippen LogP contribution in [0.25, 0.3) is 28.6 Å². The molecule has 1 aromatic carbocycles. The van der Waals surface area contributed by atoms with Gasteiger partial charge in [0.1, 0.15) is 0 Å². The molecule has 6 heteroatoms. The van der Waals surface area contributed by atoms with Gasteiger partial charge in [-0.25, -0.2) is 4.98 Å². The van der Waals surface area contributed by atoms with Gasteiger partial charge in [-0.05, 0) is 30.3 Å². The minimum atomic E-state index is 0.525. The Morgan fingerprint density at radius 1 is 1.05 bits per heavy atom. The molecule has 0 aliphatic rings. The van der Waals surface area contributed by atoms with Gasteiger partial charge in [0.2, 0.25) is 5.82 Å². The van der Waals surface area contributed by atoms with Gasteiger partial charge in [0.05, 0.1) is 12.0 Å². The Hall–Kier alpha value is -2.47. The second-order valence-electron chi connectivity index (χ2n) is 4.46. The highest BCUT2D eigenvalue weighted by molar-refractivity contribution is 9.10. The molecular formula is C15H9BrN4O. The van der Waals surface area contributed by atoms with Crippen LogP contribution in [0.5, 0.6) is 0 Å². The Balaban J connectivity index is 1.92. The fraction of sp³-hybridized carbons (Fsp3) is 0. The van der Waals surface area contributed by atoms with E-state index in [0.717, 1.165) is 15.7 Å². The van der Waals surface area contributed by atoms with Crippen LogP contribution >= 0.6 is 15.9 Å². The molecule has 4 aromatic rings. The third kappa shape index (κ3) is 2.13. The van der Waals surface area contributed by atoms with Crippen molar-refractivity contribution in [2.45, 2.75) is 0 Å². The smallest absolute Gasteiger partial charge is 0.253 e. The second-order valence-corrected chi connectivity index (χ2v) is 5.38. The molecule has 0 radical (unpaired) electrons. The first-order valence-electron chi connectivity index (χ1n) is 6.33. The number of hydrogen-bond acceptors (Lipinski definition) is 4. The Bertz CT molecular complexity index is 897. The summed E-state index contributed by atoms with van der Waals surface area (Å²) in [6, 6.07) is 13.6. The van der Waals surface area contributed by atoms with Gasteiger partial charge in [-0.3, -0.25) is 0 Å². The summed E-state index contributed by atoms with van der Waals surface area (Å²) in [6.45, 7) is 0. The third-order valence-electron chi connectivity index (χ3n) is 3.12. The molecule has 0 saturated carbocycles. The first kappa shape index (κ1) is 12.3. The molecule has 102 valence electrons. The average Bonchev–Trinajstić information content (AvgIpc) is 3.16. The Kier molecular flexibility index (Phi) is 2.82. The van der Waals surface area contributed by atoms with Crippen molar-refractivity contribution in [3.8, 4) is 22.8 Å². The van der Waals surface area contributed by atoms with E-state index in [2.05, 4.69) is 31.0 Å². The van der Waals surface area contributed by atoms with Crippen LogP contribution in [0.1, 0.15) is 0 Å². The zero-order valence-corrected chi connectivity index (χ0v) is 12.4. The summed E-state index contributed by atoms with van der Waals surface area (Å²) in [7, 11) is 0. The summed E-state index contributed by atoms with van der Waals surface area (Å²) in [5, 5.41) is 4.49. The van der Waals surface area contributed by atoms with Crippen LogP contribution in [0.15, 0.2) is 63.8 Å². The molecule has 21 heavy (non-hydrogen) atoms. The number of hydrogen-bond donors (Lipinski definition) is 0. The number of aromatic nitrogens is 4. The Labute approximate surface area is 128 Å². The van der Waals surface area contributed by atoms with Gasteiger partial charge in [0, 0.05) is 16.2 Å². The van der Waals surface area contributed by atoms with Gasteiger partial charge in [-0.2, -0.15) is 9.50 Å². The summed E-state index contributed by atoms with van der Waals surface area (Å²) in [6.07, 6.45) is 3.33. The van der Waals surface area contributed by atoms with Crippen molar-refractivity contribution in [2.24, 2.45) is 0 Å². The van der Waals surface area contributed by atoms with Gasteiger partial charge >= 0.3 is 0 Å². The van der Waals surface area contributed by atoms with E-state index in [4.69, 9.17) is 4.42 Å². The molecule has 0 bridgehead atoms. The quantitative estimate of drug-likeness (QED) is 0.556. The molecule has 0 aliphatic heterocycles. The van der Waals surface area contributed by atoms with E-state index in [0.29, 0.717) is 17.4 Å². The highest BCUT2D eigenvalue weighted by Crippen LogP contribution is 2.23. The van der Waals surface area contributed by atoms with Crippen LogP contribution < -0.4 is 0 Å². The van der Waals surface area contributed by atoms with Crippen molar-refractivity contribution in [3.05, 3.63) is 59.4 Å². The summed E-state index contributed by atoms with van der Waals surface area (Å²) < 4.78 is 8.10. The number of nitrogens with zero attached hydrogens (tertiary/aromatic N) is 4. The molecule has 0 N–H and O–H groups in total. The fourth-order valence-electron chi connectivity index (χ4n) is 2.14. The topological polar surface area (TPSA) is 56.2 Å². The fourth-order valence-corrected chi connectivity index (χ4v) is 2.41. The predicted octanol–water partition coefficient (Wildman–Crippen LogP) is 3.81. The highest BCUT2D eigenvalue weighted by atomic mass is 79.9. The molecule has 5 nitrogen and oxygen atoms in total. The van der Waals surface area contributed by atoms with E-state index in [1.165, 1.54) is 0 Å². The van der Waals surface area contributed by atoms with Crippen LogP contribution in [0.3, 0.4) is 0 Å². The molecule has 4 rings (SSSR count). The van der Waals surface area contributed by atoms with Crippen LogP contribution in [0, 0.1) is 0 Å². The van der Waals surface area contributed by atoms with Crippen LogP contribution in [-0.2, 0) is 0 Å². The third-order valence-corrected chi connectivity index (χ3v) is 3.65. The molecule has 3 heterocycles. The van der Waals surface area contributed by atoms with Crippen molar-refractivity contribution in [3.63, 3.8) is 0 Å². The number of rotatable bonds is 2. The molecule has 0 atom stereocenters. The van der Waals surface area contributed by atoms with Crippen molar-refractivity contribution >= 4 is 21.7 Å². The lowest BCUT2D eigenvalue weighted by molar-refractivity contribution is 0.577. The average molecular weight is 341 g/mol. The molecule has 0 fully saturated rings. The lowest BCUT2D eigenvalue weighted by Crippen LogP contribution is -1.95. The molecular weight excluding hydrogens is 332 g/mol. The first-order chi connectivity index (χ1) is 10.3. The second kappa shape index (κ2) is 4.82. The van der Waals surface area contributed by atoms with Crippen molar-refractivity contribution in [2.75, 3.05) is 0 Å². The van der Waals surface area contributed by atoms with Crippen molar-refractivity contribution in [1.82, 2.24) is 19.6 Å². The zero-order valence-electron chi connectivity index (χ0n) is 10.8. The Morgan fingerprint density at radius 3 is 2.67 bits per heavy atom. The maximum Gasteiger partial charge on any atom is 0.253 e. The van der Waals surface area contributed by atoms with E-state index in [9.17, 15) is 0 Å². The maximum absolute atomic E-state index is 5.34. The molecule has 0 unspecified atom stereocenters. The summed E-state index contributed by atoms with van der Waals surface area (Å²) >= 11 is 3.44. The lowest BCUT2D eigenvalue weighted by atomic mass is 10.1. The number of fused-ring (bicyclic) bond motifs is 1. The van der Waals surface area contributed by atoms with Crippen molar-refractivity contribution < 1.29 is 4.42 Å². The van der Waals surface area contributed by atoms with Gasteiger partial charge < -0.3 is 4.42 Å².